The molecule has 0 spiro atoms. The summed E-state index contributed by atoms with van der Waals surface area (Å²) in [5, 5.41) is 9.08. The van der Waals surface area contributed by atoms with E-state index in [9.17, 15) is 4.79 Å². The van der Waals surface area contributed by atoms with Crippen LogP contribution in [-0.2, 0) is 16.1 Å². The fraction of sp³-hybridized carbons (Fsp3) is 0.696. The molecule has 1 atom stereocenters. The lowest BCUT2D eigenvalue weighted by Gasteiger charge is -2.16. The molecule has 0 aliphatic carbocycles. The third-order valence-corrected chi connectivity index (χ3v) is 4.86. The van der Waals surface area contributed by atoms with Gasteiger partial charge in [0.15, 0.2) is 0 Å². The van der Waals surface area contributed by atoms with Crippen molar-refractivity contribution in [2.75, 3.05) is 0 Å². The molecule has 0 fully saturated rings. The maximum Gasteiger partial charge on any atom is 0.305 e. The maximum absolute atomic E-state index is 11.0. The summed E-state index contributed by atoms with van der Waals surface area (Å²) in [4.78, 5) is 11.0. The van der Waals surface area contributed by atoms with Gasteiger partial charge in [-0.1, -0.05) is 108 Å². The zero-order valence-corrected chi connectivity index (χ0v) is 16.6. The number of carbonyl (C=O) groups is 1. The highest BCUT2D eigenvalue weighted by atomic mass is 16.5. The summed E-state index contributed by atoms with van der Waals surface area (Å²) >= 11 is 0. The highest BCUT2D eigenvalue weighted by Crippen LogP contribution is 2.16. The van der Waals surface area contributed by atoms with Gasteiger partial charge >= 0.3 is 5.97 Å². The van der Waals surface area contributed by atoms with Gasteiger partial charge in [-0.05, 0) is 12.0 Å². The van der Waals surface area contributed by atoms with Crippen LogP contribution in [0.5, 0.6) is 0 Å². The van der Waals surface area contributed by atoms with Crippen LogP contribution >= 0.6 is 0 Å². The van der Waals surface area contributed by atoms with Crippen molar-refractivity contribution in [2.24, 2.45) is 0 Å². The lowest BCUT2D eigenvalue weighted by molar-refractivity contribution is -0.140. The quantitative estimate of drug-likeness (QED) is 0.312. The number of carboxylic acid groups (broad SMARTS) is 1. The molecule has 3 heteroatoms. The Morgan fingerprint density at radius 1 is 0.885 bits per heavy atom. The number of hydrogen-bond acceptors (Lipinski definition) is 2. The third kappa shape index (κ3) is 12.9. The van der Waals surface area contributed by atoms with Crippen LogP contribution in [0.25, 0.3) is 0 Å². The van der Waals surface area contributed by atoms with Crippen molar-refractivity contribution in [3.8, 4) is 0 Å². The van der Waals surface area contributed by atoms with E-state index in [0.29, 0.717) is 6.61 Å². The standard InChI is InChI=1S/C23H38O3/c1-2-3-4-5-6-7-8-9-10-11-15-18-22(19-23(24)25)26-20-21-16-13-12-14-17-21/h12-14,16-17,22H,2-11,15,18-20H2,1H3,(H,24,25). The SMILES string of the molecule is CCCCCCCCCCCCCC(CC(=O)O)OCc1ccccc1. The molecule has 0 bridgehead atoms. The van der Waals surface area contributed by atoms with Crippen LogP contribution < -0.4 is 0 Å². The van der Waals surface area contributed by atoms with Gasteiger partial charge in [0.2, 0.25) is 0 Å². The second-order valence-corrected chi connectivity index (χ2v) is 7.34. The number of ether oxygens (including phenoxy) is 1. The first kappa shape index (κ1) is 22.7. The molecule has 1 aromatic carbocycles. The Hall–Kier alpha value is -1.35. The van der Waals surface area contributed by atoms with Crippen LogP contribution in [0.4, 0.5) is 0 Å². The Balaban J connectivity index is 2.05. The van der Waals surface area contributed by atoms with Crippen molar-refractivity contribution in [1.29, 1.82) is 0 Å². The van der Waals surface area contributed by atoms with Crippen molar-refractivity contribution < 1.29 is 14.6 Å². The Bertz CT molecular complexity index is 444. The first-order valence-electron chi connectivity index (χ1n) is 10.6. The predicted octanol–water partition coefficient (Wildman–Crippen LogP) is 6.75. The smallest absolute Gasteiger partial charge is 0.305 e. The summed E-state index contributed by atoms with van der Waals surface area (Å²) in [5.74, 6) is -0.772. The van der Waals surface area contributed by atoms with E-state index in [1.54, 1.807) is 0 Å². The average molecular weight is 363 g/mol. The van der Waals surface area contributed by atoms with Gasteiger partial charge in [0.05, 0.1) is 19.1 Å². The Labute approximate surface area is 160 Å². The first-order valence-corrected chi connectivity index (χ1v) is 10.6. The largest absolute Gasteiger partial charge is 0.481 e. The molecule has 1 N–H and O–H groups in total. The van der Waals surface area contributed by atoms with E-state index in [0.717, 1.165) is 18.4 Å². The van der Waals surface area contributed by atoms with Gasteiger partial charge < -0.3 is 9.84 Å². The van der Waals surface area contributed by atoms with Crippen LogP contribution in [0.3, 0.4) is 0 Å². The molecule has 0 radical (unpaired) electrons. The maximum atomic E-state index is 11.0. The summed E-state index contributed by atoms with van der Waals surface area (Å²) in [7, 11) is 0. The summed E-state index contributed by atoms with van der Waals surface area (Å²) in [6, 6.07) is 9.97. The van der Waals surface area contributed by atoms with E-state index >= 15 is 0 Å². The van der Waals surface area contributed by atoms with E-state index in [1.807, 2.05) is 30.3 Å². The minimum atomic E-state index is -0.772. The van der Waals surface area contributed by atoms with E-state index in [4.69, 9.17) is 9.84 Å². The van der Waals surface area contributed by atoms with Gasteiger partial charge in [0.25, 0.3) is 0 Å². The number of unbranched alkanes of at least 4 members (excludes halogenated alkanes) is 10. The number of hydrogen-bond donors (Lipinski definition) is 1. The monoisotopic (exact) mass is 362 g/mol. The van der Waals surface area contributed by atoms with Crippen molar-refractivity contribution in [1.82, 2.24) is 0 Å². The zero-order valence-electron chi connectivity index (χ0n) is 16.6. The molecule has 0 saturated heterocycles. The van der Waals surface area contributed by atoms with Crippen molar-refractivity contribution >= 4 is 5.97 Å². The zero-order chi connectivity index (χ0) is 18.9. The normalized spacial score (nSPS) is 12.2. The summed E-state index contributed by atoms with van der Waals surface area (Å²) < 4.78 is 5.85. The lowest BCUT2D eigenvalue weighted by atomic mass is 10.0. The van der Waals surface area contributed by atoms with Crippen LogP contribution in [-0.4, -0.2) is 17.2 Å². The van der Waals surface area contributed by atoms with Gasteiger partial charge in [0.1, 0.15) is 0 Å². The minimum Gasteiger partial charge on any atom is -0.481 e. The molecule has 1 rings (SSSR count). The van der Waals surface area contributed by atoms with Crippen LogP contribution in [0.1, 0.15) is 96.0 Å². The molecule has 0 amide bonds. The van der Waals surface area contributed by atoms with Gasteiger partial charge in [0, 0.05) is 0 Å². The van der Waals surface area contributed by atoms with E-state index in [-0.39, 0.29) is 12.5 Å². The van der Waals surface area contributed by atoms with Crippen molar-refractivity contribution in [3.63, 3.8) is 0 Å². The summed E-state index contributed by atoms with van der Waals surface area (Å²) in [5.41, 5.74) is 1.10. The first-order chi connectivity index (χ1) is 12.7. The highest BCUT2D eigenvalue weighted by molar-refractivity contribution is 5.67. The molecule has 0 aromatic heterocycles. The molecule has 3 nitrogen and oxygen atoms in total. The van der Waals surface area contributed by atoms with E-state index in [2.05, 4.69) is 6.92 Å². The molecule has 0 aliphatic rings. The fourth-order valence-electron chi connectivity index (χ4n) is 3.26. The van der Waals surface area contributed by atoms with Crippen molar-refractivity contribution in [2.45, 2.75) is 103 Å². The fourth-order valence-corrected chi connectivity index (χ4v) is 3.26. The van der Waals surface area contributed by atoms with Crippen LogP contribution in [0.2, 0.25) is 0 Å². The number of rotatable bonds is 17. The molecule has 1 unspecified atom stereocenters. The van der Waals surface area contributed by atoms with Gasteiger partial charge in [-0.3, -0.25) is 4.79 Å². The Kier molecular flexibility index (Phi) is 13.8. The second-order valence-electron chi connectivity index (χ2n) is 7.34. The minimum absolute atomic E-state index is 0.102. The van der Waals surface area contributed by atoms with Crippen LogP contribution in [0, 0.1) is 0 Å². The molecule has 0 saturated carbocycles. The number of carboxylic acids is 1. The molecular formula is C23H38O3. The van der Waals surface area contributed by atoms with Crippen LogP contribution in [0.15, 0.2) is 30.3 Å². The van der Waals surface area contributed by atoms with Crippen molar-refractivity contribution in [3.05, 3.63) is 35.9 Å². The van der Waals surface area contributed by atoms with Gasteiger partial charge in [-0.15, -0.1) is 0 Å². The molecule has 148 valence electrons. The lowest BCUT2D eigenvalue weighted by Crippen LogP contribution is -2.17. The molecular weight excluding hydrogens is 324 g/mol. The van der Waals surface area contributed by atoms with Gasteiger partial charge in [-0.2, -0.15) is 0 Å². The highest BCUT2D eigenvalue weighted by Gasteiger charge is 2.13. The Morgan fingerprint density at radius 3 is 1.96 bits per heavy atom. The topological polar surface area (TPSA) is 46.5 Å². The van der Waals surface area contributed by atoms with E-state index < -0.39 is 5.97 Å². The number of aliphatic carboxylic acids is 1. The summed E-state index contributed by atoms with van der Waals surface area (Å²) in [6.07, 6.45) is 15.1. The average Bonchev–Trinajstić information content (AvgIpc) is 2.64. The number of benzene rings is 1. The molecule has 0 heterocycles. The summed E-state index contributed by atoms with van der Waals surface area (Å²) in [6.45, 7) is 2.75. The molecule has 0 aliphatic heterocycles. The predicted molar refractivity (Wildman–Crippen MR) is 108 cm³/mol. The third-order valence-electron chi connectivity index (χ3n) is 4.86. The molecule has 26 heavy (non-hydrogen) atoms. The van der Waals surface area contributed by atoms with E-state index in [1.165, 1.54) is 64.2 Å². The van der Waals surface area contributed by atoms with Gasteiger partial charge in [-0.25, -0.2) is 0 Å². The Morgan fingerprint density at radius 2 is 1.42 bits per heavy atom. The molecule has 1 aromatic rings. The second kappa shape index (κ2) is 15.9.